The number of nitrogens with one attached hydrogen (secondary N) is 1. The van der Waals surface area contributed by atoms with Crippen molar-refractivity contribution in [3.63, 3.8) is 0 Å². The fraction of sp³-hybridized carbons (Fsp3) is 0.350. The van der Waals surface area contributed by atoms with Crippen molar-refractivity contribution in [2.75, 3.05) is 13.6 Å². The Kier molecular flexibility index (Phi) is 7.53. The summed E-state index contributed by atoms with van der Waals surface area (Å²) < 4.78 is 28.5. The Bertz CT molecular complexity index is 705. The number of carbonyl (C=O) groups is 1. The molecule has 2 rings (SSSR count). The molecule has 0 heterocycles. The van der Waals surface area contributed by atoms with Gasteiger partial charge in [-0.3, -0.25) is 4.79 Å². The molecule has 2 aromatic rings. The minimum Gasteiger partial charge on any atom is -0.435 e. The highest BCUT2D eigenvalue weighted by atomic mass is 19.3. The molecule has 0 spiro atoms. The second kappa shape index (κ2) is 9.87. The summed E-state index contributed by atoms with van der Waals surface area (Å²) in [6.07, 6.45) is 0.188. The molecule has 0 saturated carbocycles. The largest absolute Gasteiger partial charge is 0.435 e. The zero-order valence-electron chi connectivity index (χ0n) is 15.0. The van der Waals surface area contributed by atoms with Crippen LogP contribution in [0, 0.1) is 0 Å². The number of hydrogen-bond donors (Lipinski definition) is 1. The Morgan fingerprint density at radius 3 is 2.46 bits per heavy atom. The summed E-state index contributed by atoms with van der Waals surface area (Å²) in [5.74, 6) is -0.0402. The second-order valence-electron chi connectivity index (χ2n) is 6.13. The fourth-order valence-electron chi connectivity index (χ4n) is 2.50. The van der Waals surface area contributed by atoms with Crippen molar-refractivity contribution < 1.29 is 18.3 Å². The number of ether oxygens (including phenoxy) is 1. The fourth-order valence-corrected chi connectivity index (χ4v) is 2.50. The van der Waals surface area contributed by atoms with E-state index in [2.05, 4.69) is 41.1 Å². The Balaban J connectivity index is 1.84. The van der Waals surface area contributed by atoms with Crippen molar-refractivity contribution in [2.45, 2.75) is 33.0 Å². The van der Waals surface area contributed by atoms with Crippen LogP contribution in [0.1, 0.15) is 23.6 Å². The van der Waals surface area contributed by atoms with E-state index in [-0.39, 0.29) is 18.1 Å². The van der Waals surface area contributed by atoms with Crippen LogP contribution in [-0.2, 0) is 24.3 Å². The lowest BCUT2D eigenvalue weighted by Gasteiger charge is -2.14. The number of alkyl halides is 2. The molecule has 2 aromatic carbocycles. The summed E-state index contributed by atoms with van der Waals surface area (Å²) in [5, 5.41) is 2.88. The van der Waals surface area contributed by atoms with Crippen molar-refractivity contribution in [3.05, 3.63) is 65.2 Å². The van der Waals surface area contributed by atoms with Gasteiger partial charge in [-0.1, -0.05) is 43.3 Å². The molecule has 0 atom stereocenters. The Morgan fingerprint density at radius 2 is 1.81 bits per heavy atom. The van der Waals surface area contributed by atoms with E-state index in [9.17, 15) is 13.6 Å². The van der Waals surface area contributed by atoms with Crippen LogP contribution in [0.25, 0.3) is 0 Å². The van der Waals surface area contributed by atoms with Crippen LogP contribution in [-0.4, -0.2) is 31.0 Å². The molecule has 140 valence electrons. The maximum absolute atomic E-state index is 12.1. The minimum absolute atomic E-state index is 0.0815. The van der Waals surface area contributed by atoms with E-state index in [0.717, 1.165) is 24.2 Å². The van der Waals surface area contributed by atoms with Crippen molar-refractivity contribution in [1.29, 1.82) is 0 Å². The molecule has 6 heteroatoms. The lowest BCUT2D eigenvalue weighted by molar-refractivity contribution is -0.120. The minimum atomic E-state index is -2.85. The van der Waals surface area contributed by atoms with Crippen LogP contribution in [0.2, 0.25) is 0 Å². The summed E-state index contributed by atoms with van der Waals surface area (Å²) in [6.45, 7) is 1.55. The topological polar surface area (TPSA) is 41.6 Å². The Hall–Kier alpha value is -2.47. The van der Waals surface area contributed by atoms with E-state index in [0.29, 0.717) is 6.54 Å². The van der Waals surface area contributed by atoms with Gasteiger partial charge >= 0.3 is 6.61 Å². The van der Waals surface area contributed by atoms with Gasteiger partial charge in [-0.05, 0) is 42.4 Å². The van der Waals surface area contributed by atoms with E-state index in [4.69, 9.17) is 0 Å². The van der Waals surface area contributed by atoms with E-state index in [1.54, 1.807) is 12.1 Å². The molecule has 0 fully saturated rings. The first-order valence-corrected chi connectivity index (χ1v) is 8.53. The lowest BCUT2D eigenvalue weighted by Crippen LogP contribution is -2.24. The molecule has 0 aliphatic carbocycles. The van der Waals surface area contributed by atoms with E-state index < -0.39 is 6.61 Å². The van der Waals surface area contributed by atoms with Gasteiger partial charge in [-0.15, -0.1) is 0 Å². The summed E-state index contributed by atoms with van der Waals surface area (Å²) >= 11 is 0. The van der Waals surface area contributed by atoms with Crippen LogP contribution in [0.3, 0.4) is 0 Å². The number of rotatable bonds is 9. The first-order chi connectivity index (χ1) is 12.5. The van der Waals surface area contributed by atoms with Crippen molar-refractivity contribution in [1.82, 2.24) is 10.2 Å². The molecule has 1 amide bonds. The normalized spacial score (nSPS) is 11.0. The van der Waals surface area contributed by atoms with E-state index >= 15 is 0 Å². The third kappa shape index (κ3) is 6.80. The smallest absolute Gasteiger partial charge is 0.387 e. The predicted molar refractivity (Wildman–Crippen MR) is 97.1 cm³/mol. The Morgan fingerprint density at radius 1 is 1.12 bits per heavy atom. The van der Waals surface area contributed by atoms with Gasteiger partial charge in [0.2, 0.25) is 5.91 Å². The van der Waals surface area contributed by atoms with Crippen LogP contribution in [0.15, 0.2) is 48.5 Å². The molecule has 26 heavy (non-hydrogen) atoms. The van der Waals surface area contributed by atoms with Gasteiger partial charge in [-0.2, -0.15) is 8.78 Å². The molecule has 0 aliphatic heterocycles. The predicted octanol–water partition coefficient (Wildman–Crippen LogP) is 3.60. The quantitative estimate of drug-likeness (QED) is 0.741. The summed E-state index contributed by atoms with van der Waals surface area (Å²) in [7, 11) is 2.06. The maximum atomic E-state index is 12.1. The molecule has 0 unspecified atom stereocenters. The van der Waals surface area contributed by atoms with Crippen molar-refractivity contribution >= 4 is 5.91 Å². The summed E-state index contributed by atoms with van der Waals surface area (Å²) in [5.41, 5.74) is 2.99. The molecule has 1 N–H and O–H groups in total. The molecule has 0 saturated heterocycles. The van der Waals surface area contributed by atoms with Crippen LogP contribution in [0.5, 0.6) is 5.75 Å². The SMILES string of the molecule is CCN(C)Cc1cccc(CNC(=O)Cc2ccc(OC(F)F)cc2)c1. The third-order valence-electron chi connectivity index (χ3n) is 3.99. The number of amides is 1. The first-order valence-electron chi connectivity index (χ1n) is 8.53. The third-order valence-corrected chi connectivity index (χ3v) is 3.99. The van der Waals surface area contributed by atoms with Gasteiger partial charge in [0.1, 0.15) is 5.75 Å². The van der Waals surface area contributed by atoms with Gasteiger partial charge in [-0.25, -0.2) is 0 Å². The summed E-state index contributed by atoms with van der Waals surface area (Å²) in [4.78, 5) is 14.3. The highest BCUT2D eigenvalue weighted by Gasteiger charge is 2.07. The summed E-state index contributed by atoms with van der Waals surface area (Å²) in [6, 6.07) is 14.2. The van der Waals surface area contributed by atoms with Gasteiger partial charge in [0.25, 0.3) is 0 Å². The highest BCUT2D eigenvalue weighted by Crippen LogP contribution is 2.15. The lowest BCUT2D eigenvalue weighted by atomic mass is 10.1. The number of benzene rings is 2. The van der Waals surface area contributed by atoms with Gasteiger partial charge in [0.15, 0.2) is 0 Å². The van der Waals surface area contributed by atoms with Gasteiger partial charge in [0, 0.05) is 13.1 Å². The van der Waals surface area contributed by atoms with E-state index in [1.807, 2.05) is 12.1 Å². The van der Waals surface area contributed by atoms with Crippen molar-refractivity contribution in [3.8, 4) is 5.75 Å². The number of hydrogen-bond acceptors (Lipinski definition) is 3. The van der Waals surface area contributed by atoms with Crippen LogP contribution < -0.4 is 10.1 Å². The van der Waals surface area contributed by atoms with Crippen LogP contribution in [0.4, 0.5) is 8.78 Å². The average molecular weight is 362 g/mol. The molecule has 0 radical (unpaired) electrons. The number of carbonyl (C=O) groups excluding carboxylic acids is 1. The molecular formula is C20H24F2N2O2. The molecule has 4 nitrogen and oxygen atoms in total. The Labute approximate surface area is 152 Å². The zero-order valence-corrected chi connectivity index (χ0v) is 15.0. The first kappa shape index (κ1) is 19.8. The van der Waals surface area contributed by atoms with Crippen LogP contribution >= 0.6 is 0 Å². The molecule has 0 bridgehead atoms. The monoisotopic (exact) mass is 362 g/mol. The molecular weight excluding hydrogens is 338 g/mol. The molecule has 0 aliphatic rings. The maximum Gasteiger partial charge on any atom is 0.387 e. The van der Waals surface area contributed by atoms with Crippen molar-refractivity contribution in [2.24, 2.45) is 0 Å². The standard InChI is InChI=1S/C20H24F2N2O2/c1-3-24(2)14-17-6-4-5-16(11-17)13-23-19(25)12-15-7-9-18(10-8-15)26-20(21)22/h4-11,20H,3,12-14H2,1-2H3,(H,23,25). The molecule has 0 aromatic heterocycles. The second-order valence-corrected chi connectivity index (χ2v) is 6.13. The van der Waals surface area contributed by atoms with Gasteiger partial charge in [0.05, 0.1) is 6.42 Å². The zero-order chi connectivity index (χ0) is 18.9. The average Bonchev–Trinajstić information content (AvgIpc) is 2.61. The number of nitrogens with zero attached hydrogens (tertiary/aromatic N) is 1. The number of halogens is 2. The highest BCUT2D eigenvalue weighted by molar-refractivity contribution is 5.78. The van der Waals surface area contributed by atoms with E-state index in [1.165, 1.54) is 17.7 Å². The van der Waals surface area contributed by atoms with Gasteiger partial charge < -0.3 is 15.0 Å².